The van der Waals surface area contributed by atoms with Crippen LogP contribution in [0, 0.1) is 0 Å². The fourth-order valence-electron chi connectivity index (χ4n) is 0.967. The molecule has 4 nitrogen and oxygen atoms in total. The van der Waals surface area contributed by atoms with Crippen molar-refractivity contribution in [2.45, 2.75) is 0 Å². The maximum absolute atomic E-state index is 9.14. The Bertz CT molecular complexity index is 375. The first-order valence-corrected chi connectivity index (χ1v) is 3.52. The highest BCUT2D eigenvalue weighted by molar-refractivity contribution is 5.85. The van der Waals surface area contributed by atoms with Crippen LogP contribution in [0.15, 0.2) is 36.7 Å². The highest BCUT2D eigenvalue weighted by atomic mass is 35.5. The summed E-state index contributed by atoms with van der Waals surface area (Å²) < 4.78 is 0. The lowest BCUT2D eigenvalue weighted by Crippen LogP contribution is -1.97. The van der Waals surface area contributed by atoms with Crippen LogP contribution in [-0.4, -0.2) is 20.1 Å². The molecule has 13 heavy (non-hydrogen) atoms. The van der Waals surface area contributed by atoms with Gasteiger partial charge in [-0.1, -0.05) is 6.07 Å². The molecule has 0 atom stereocenters. The second-order valence-electron chi connectivity index (χ2n) is 2.34. The molecule has 0 amide bonds. The van der Waals surface area contributed by atoms with Gasteiger partial charge in [-0.05, 0) is 12.1 Å². The first kappa shape index (κ1) is 9.54. The molecule has 1 heterocycles. The van der Waals surface area contributed by atoms with E-state index in [1.165, 1.54) is 4.80 Å². The fraction of sp³-hybridized carbons (Fsp3) is 0. The Balaban J connectivity index is 0.000000845. The Hall–Kier alpha value is -1.55. The molecule has 0 bridgehead atoms. The molecular formula is C8H8ClN3O. The number of nitrogens with zero attached hydrogens (tertiary/aromatic N) is 3. The summed E-state index contributed by atoms with van der Waals surface area (Å²) in [7, 11) is 0. The van der Waals surface area contributed by atoms with Crippen LogP contribution in [0.3, 0.4) is 0 Å². The lowest BCUT2D eigenvalue weighted by Gasteiger charge is -1.98. The minimum absolute atomic E-state index is 0. The van der Waals surface area contributed by atoms with E-state index in [2.05, 4.69) is 10.2 Å². The molecule has 0 radical (unpaired) electrons. The second-order valence-corrected chi connectivity index (χ2v) is 2.34. The van der Waals surface area contributed by atoms with Crippen molar-refractivity contribution in [2.24, 2.45) is 0 Å². The van der Waals surface area contributed by atoms with Gasteiger partial charge in [0.25, 0.3) is 0 Å². The van der Waals surface area contributed by atoms with Crippen LogP contribution >= 0.6 is 12.4 Å². The van der Waals surface area contributed by atoms with E-state index in [9.17, 15) is 0 Å². The van der Waals surface area contributed by atoms with Gasteiger partial charge in [0.1, 0.15) is 5.75 Å². The van der Waals surface area contributed by atoms with E-state index < -0.39 is 0 Å². The van der Waals surface area contributed by atoms with Gasteiger partial charge in [0.2, 0.25) is 0 Å². The van der Waals surface area contributed by atoms with E-state index >= 15 is 0 Å². The monoisotopic (exact) mass is 197 g/mol. The van der Waals surface area contributed by atoms with E-state index in [0.29, 0.717) is 0 Å². The zero-order valence-corrected chi connectivity index (χ0v) is 7.48. The van der Waals surface area contributed by atoms with Crippen molar-refractivity contribution in [3.05, 3.63) is 36.7 Å². The van der Waals surface area contributed by atoms with Gasteiger partial charge >= 0.3 is 0 Å². The van der Waals surface area contributed by atoms with Gasteiger partial charge in [0.15, 0.2) is 0 Å². The molecular weight excluding hydrogens is 190 g/mol. The molecule has 68 valence electrons. The maximum atomic E-state index is 9.14. The smallest absolute Gasteiger partial charge is 0.117 e. The zero-order chi connectivity index (χ0) is 8.39. The zero-order valence-electron chi connectivity index (χ0n) is 6.66. The number of hydrogen-bond donors (Lipinski definition) is 1. The third-order valence-corrected chi connectivity index (χ3v) is 1.48. The number of phenolic OH excluding ortho intramolecular Hbond substituents is 1. The second kappa shape index (κ2) is 3.91. The van der Waals surface area contributed by atoms with Crippen LogP contribution in [0.4, 0.5) is 0 Å². The third kappa shape index (κ3) is 1.97. The van der Waals surface area contributed by atoms with Crippen LogP contribution < -0.4 is 0 Å². The van der Waals surface area contributed by atoms with Crippen LogP contribution in [-0.2, 0) is 0 Å². The maximum Gasteiger partial charge on any atom is 0.117 e. The number of hydrogen-bond acceptors (Lipinski definition) is 3. The van der Waals surface area contributed by atoms with Crippen molar-refractivity contribution in [1.82, 2.24) is 15.0 Å². The van der Waals surface area contributed by atoms with Gasteiger partial charge in [-0.3, -0.25) is 0 Å². The van der Waals surface area contributed by atoms with Gasteiger partial charge in [-0.15, -0.1) is 12.4 Å². The van der Waals surface area contributed by atoms with Crippen LogP contribution in [0.25, 0.3) is 5.69 Å². The van der Waals surface area contributed by atoms with Crippen LogP contribution in [0.2, 0.25) is 0 Å². The van der Waals surface area contributed by atoms with Crippen molar-refractivity contribution in [3.8, 4) is 11.4 Å². The number of aromatic hydroxyl groups is 1. The number of phenols is 1. The lowest BCUT2D eigenvalue weighted by molar-refractivity contribution is 0.474. The van der Waals surface area contributed by atoms with Gasteiger partial charge in [-0.2, -0.15) is 15.0 Å². The standard InChI is InChI=1S/C8H7N3O.ClH/c12-8-3-1-2-7(6-8)11-9-4-5-10-11;/h1-6,12H;1H. The summed E-state index contributed by atoms with van der Waals surface area (Å²) in [5.74, 6) is 0.213. The lowest BCUT2D eigenvalue weighted by atomic mass is 10.3. The number of aromatic nitrogens is 3. The Morgan fingerprint density at radius 3 is 2.46 bits per heavy atom. The summed E-state index contributed by atoms with van der Waals surface area (Å²) in [4.78, 5) is 1.44. The average Bonchev–Trinajstić information content (AvgIpc) is 2.56. The molecule has 5 heteroatoms. The number of benzene rings is 1. The Morgan fingerprint density at radius 2 is 1.85 bits per heavy atom. The number of rotatable bonds is 1. The molecule has 2 aromatic rings. The average molecular weight is 198 g/mol. The molecule has 0 aliphatic carbocycles. The van der Waals surface area contributed by atoms with Gasteiger partial charge < -0.3 is 5.11 Å². The topological polar surface area (TPSA) is 50.9 Å². The van der Waals surface area contributed by atoms with E-state index in [0.717, 1.165) is 5.69 Å². The first-order chi connectivity index (χ1) is 5.86. The van der Waals surface area contributed by atoms with E-state index in [-0.39, 0.29) is 18.2 Å². The molecule has 2 rings (SSSR count). The summed E-state index contributed by atoms with van der Waals surface area (Å²) >= 11 is 0. The molecule has 0 saturated carbocycles. The van der Waals surface area contributed by atoms with Crippen molar-refractivity contribution in [1.29, 1.82) is 0 Å². The minimum Gasteiger partial charge on any atom is -0.508 e. The minimum atomic E-state index is 0. The fourth-order valence-corrected chi connectivity index (χ4v) is 0.967. The molecule has 0 spiro atoms. The molecule has 0 aliphatic rings. The van der Waals surface area contributed by atoms with Crippen LogP contribution in [0.1, 0.15) is 0 Å². The Labute approximate surface area is 81.2 Å². The molecule has 1 aromatic carbocycles. The molecule has 1 aromatic heterocycles. The number of halogens is 1. The van der Waals surface area contributed by atoms with Crippen molar-refractivity contribution in [2.75, 3.05) is 0 Å². The predicted molar refractivity (Wildman–Crippen MR) is 50.3 cm³/mol. The SMILES string of the molecule is Cl.Oc1cccc(-n2nccn2)c1. The molecule has 0 saturated heterocycles. The van der Waals surface area contributed by atoms with Gasteiger partial charge in [0, 0.05) is 6.07 Å². The van der Waals surface area contributed by atoms with Crippen LogP contribution in [0.5, 0.6) is 5.75 Å². The Kier molecular flexibility index (Phi) is 2.87. The summed E-state index contributed by atoms with van der Waals surface area (Å²) in [6.45, 7) is 0. The quantitative estimate of drug-likeness (QED) is 0.752. The highest BCUT2D eigenvalue weighted by Gasteiger charge is 1.96. The predicted octanol–water partition coefficient (Wildman–Crippen LogP) is 1.39. The van der Waals surface area contributed by atoms with E-state index in [4.69, 9.17) is 5.11 Å². The third-order valence-electron chi connectivity index (χ3n) is 1.48. The van der Waals surface area contributed by atoms with Gasteiger partial charge in [-0.25, -0.2) is 0 Å². The molecule has 0 fully saturated rings. The van der Waals surface area contributed by atoms with Crippen molar-refractivity contribution >= 4 is 12.4 Å². The molecule has 0 aliphatic heterocycles. The summed E-state index contributed by atoms with van der Waals surface area (Å²) in [5.41, 5.74) is 0.750. The molecule has 0 unspecified atom stereocenters. The van der Waals surface area contributed by atoms with Crippen molar-refractivity contribution in [3.63, 3.8) is 0 Å². The largest absolute Gasteiger partial charge is 0.508 e. The summed E-state index contributed by atoms with van der Waals surface area (Å²) in [5, 5.41) is 17.0. The van der Waals surface area contributed by atoms with E-state index in [1.54, 1.807) is 30.6 Å². The first-order valence-electron chi connectivity index (χ1n) is 3.52. The summed E-state index contributed by atoms with van der Waals surface area (Å²) in [6, 6.07) is 6.76. The van der Waals surface area contributed by atoms with E-state index in [1.807, 2.05) is 6.07 Å². The Morgan fingerprint density at radius 1 is 1.15 bits per heavy atom. The summed E-state index contributed by atoms with van der Waals surface area (Å²) in [6.07, 6.45) is 3.17. The van der Waals surface area contributed by atoms with Crippen molar-refractivity contribution < 1.29 is 5.11 Å². The normalized spacial score (nSPS) is 9.23. The highest BCUT2D eigenvalue weighted by Crippen LogP contribution is 2.12. The van der Waals surface area contributed by atoms with Gasteiger partial charge in [0.05, 0.1) is 18.1 Å². The molecule has 1 N–H and O–H groups in total.